The summed E-state index contributed by atoms with van der Waals surface area (Å²) >= 11 is 1.10. The SMILES string of the molecule is CC(C)CC(NC(Cc1csc(-c2cccc(C(F)(F)F)c2)n1)C(=O)O)C(=O)O. The predicted molar refractivity (Wildman–Crippen MR) is 102 cm³/mol. The molecule has 3 N–H and O–H groups in total. The molecule has 2 aromatic rings. The summed E-state index contributed by atoms with van der Waals surface area (Å²) in [6, 6.07) is 2.50. The van der Waals surface area contributed by atoms with Gasteiger partial charge in [0.1, 0.15) is 17.1 Å². The van der Waals surface area contributed by atoms with Crippen LogP contribution in [0.15, 0.2) is 29.6 Å². The molecule has 0 fully saturated rings. The van der Waals surface area contributed by atoms with Crippen LogP contribution >= 0.6 is 11.3 Å². The average Bonchev–Trinajstić information content (AvgIpc) is 3.08. The summed E-state index contributed by atoms with van der Waals surface area (Å²) in [7, 11) is 0. The largest absolute Gasteiger partial charge is 0.480 e. The van der Waals surface area contributed by atoms with Gasteiger partial charge in [0.15, 0.2) is 0 Å². The Morgan fingerprint density at radius 3 is 2.38 bits per heavy atom. The van der Waals surface area contributed by atoms with Crippen LogP contribution in [0.1, 0.15) is 31.5 Å². The van der Waals surface area contributed by atoms with Gasteiger partial charge in [-0.2, -0.15) is 13.2 Å². The summed E-state index contributed by atoms with van der Waals surface area (Å²) in [4.78, 5) is 27.2. The third-order valence-electron chi connectivity index (χ3n) is 4.11. The third kappa shape index (κ3) is 6.53. The van der Waals surface area contributed by atoms with Gasteiger partial charge in [-0.15, -0.1) is 11.3 Å². The number of carboxylic acid groups (broad SMARTS) is 2. The number of thiazole rings is 1. The van der Waals surface area contributed by atoms with Crippen molar-refractivity contribution >= 4 is 23.3 Å². The summed E-state index contributed by atoms with van der Waals surface area (Å²) in [6.07, 6.45) is -4.31. The molecular formula is C19H21F3N2O4S. The van der Waals surface area contributed by atoms with E-state index in [1.165, 1.54) is 12.1 Å². The minimum Gasteiger partial charge on any atom is -0.480 e. The van der Waals surface area contributed by atoms with Crippen LogP contribution in [0.2, 0.25) is 0 Å². The summed E-state index contributed by atoms with van der Waals surface area (Å²) in [5.41, 5.74) is -0.162. The smallest absolute Gasteiger partial charge is 0.416 e. The van der Waals surface area contributed by atoms with Crippen LogP contribution < -0.4 is 5.32 Å². The van der Waals surface area contributed by atoms with Gasteiger partial charge in [0.2, 0.25) is 0 Å². The number of aromatic nitrogens is 1. The van der Waals surface area contributed by atoms with E-state index in [1.807, 2.05) is 13.8 Å². The minimum atomic E-state index is -4.48. The molecule has 2 atom stereocenters. The van der Waals surface area contributed by atoms with Gasteiger partial charge in [0.05, 0.1) is 11.3 Å². The lowest BCUT2D eigenvalue weighted by atomic mass is 10.0. The Kier molecular flexibility index (Phi) is 7.37. The zero-order chi connectivity index (χ0) is 21.8. The van der Waals surface area contributed by atoms with E-state index in [2.05, 4.69) is 10.3 Å². The Labute approximate surface area is 169 Å². The topological polar surface area (TPSA) is 99.5 Å². The van der Waals surface area contributed by atoms with Gasteiger partial charge in [0, 0.05) is 17.4 Å². The number of aliphatic carboxylic acids is 2. The van der Waals surface area contributed by atoms with Crippen LogP contribution in [-0.4, -0.2) is 39.2 Å². The number of halogens is 3. The van der Waals surface area contributed by atoms with E-state index in [9.17, 15) is 33.0 Å². The Balaban J connectivity index is 2.18. The third-order valence-corrected chi connectivity index (χ3v) is 5.05. The van der Waals surface area contributed by atoms with Crippen LogP contribution in [0.3, 0.4) is 0 Å². The number of carboxylic acids is 2. The highest BCUT2D eigenvalue weighted by Crippen LogP contribution is 2.33. The van der Waals surface area contributed by atoms with Crippen LogP contribution in [0.4, 0.5) is 13.2 Å². The quantitative estimate of drug-likeness (QED) is 0.558. The van der Waals surface area contributed by atoms with Gasteiger partial charge >= 0.3 is 18.1 Å². The first-order valence-corrected chi connectivity index (χ1v) is 9.69. The van der Waals surface area contributed by atoms with Gasteiger partial charge in [-0.3, -0.25) is 14.9 Å². The van der Waals surface area contributed by atoms with E-state index in [1.54, 1.807) is 5.38 Å². The first-order chi connectivity index (χ1) is 13.5. The number of alkyl halides is 3. The first-order valence-electron chi connectivity index (χ1n) is 8.81. The molecular weight excluding hydrogens is 409 g/mol. The molecule has 29 heavy (non-hydrogen) atoms. The summed E-state index contributed by atoms with van der Waals surface area (Å²) in [5.74, 6) is -2.33. The highest BCUT2D eigenvalue weighted by Gasteiger charge is 2.31. The standard InChI is InChI=1S/C19H21F3N2O4S/c1-10(2)6-14(17(25)26)24-15(18(27)28)8-13-9-29-16(23-13)11-4-3-5-12(7-11)19(20,21)22/h3-5,7,9-10,14-15,24H,6,8H2,1-2H3,(H,25,26)(H,27,28). The molecule has 0 aliphatic carbocycles. The molecule has 1 aromatic heterocycles. The molecule has 1 aromatic carbocycles. The van der Waals surface area contributed by atoms with Gasteiger partial charge < -0.3 is 10.2 Å². The number of hydrogen-bond acceptors (Lipinski definition) is 5. The number of nitrogens with one attached hydrogen (secondary N) is 1. The molecule has 158 valence electrons. The van der Waals surface area contributed by atoms with Crippen LogP contribution in [0, 0.1) is 5.92 Å². The van der Waals surface area contributed by atoms with Gasteiger partial charge in [-0.1, -0.05) is 26.0 Å². The molecule has 0 aliphatic heterocycles. The maximum absolute atomic E-state index is 12.9. The summed E-state index contributed by atoms with van der Waals surface area (Å²) in [6.45, 7) is 3.66. The van der Waals surface area contributed by atoms with Crippen LogP contribution in [-0.2, 0) is 22.2 Å². The van der Waals surface area contributed by atoms with Crippen molar-refractivity contribution < 1.29 is 33.0 Å². The fourth-order valence-electron chi connectivity index (χ4n) is 2.74. The van der Waals surface area contributed by atoms with Gasteiger partial charge in [0.25, 0.3) is 0 Å². The number of rotatable bonds is 9. The lowest BCUT2D eigenvalue weighted by Gasteiger charge is -2.21. The van der Waals surface area contributed by atoms with E-state index in [4.69, 9.17) is 0 Å². The summed E-state index contributed by atoms with van der Waals surface area (Å²) < 4.78 is 38.7. The van der Waals surface area contributed by atoms with E-state index in [0.717, 1.165) is 23.5 Å². The molecule has 0 radical (unpaired) electrons. The number of hydrogen-bond donors (Lipinski definition) is 3. The molecule has 10 heteroatoms. The highest BCUT2D eigenvalue weighted by atomic mass is 32.1. The molecule has 0 spiro atoms. The first kappa shape index (κ1) is 22.8. The second-order valence-electron chi connectivity index (χ2n) is 7.00. The van der Waals surface area contributed by atoms with Crippen molar-refractivity contribution in [1.29, 1.82) is 0 Å². The monoisotopic (exact) mass is 430 g/mol. The van der Waals surface area contributed by atoms with Crippen molar-refractivity contribution in [3.8, 4) is 10.6 Å². The molecule has 0 saturated heterocycles. The van der Waals surface area contributed by atoms with E-state index >= 15 is 0 Å². The number of carbonyl (C=O) groups is 2. The number of nitrogens with zero attached hydrogens (tertiary/aromatic N) is 1. The fraction of sp³-hybridized carbons (Fsp3) is 0.421. The van der Waals surface area contributed by atoms with Crippen molar-refractivity contribution in [3.05, 3.63) is 40.9 Å². The molecule has 0 saturated carbocycles. The van der Waals surface area contributed by atoms with Gasteiger partial charge in [-0.25, -0.2) is 4.98 Å². The maximum Gasteiger partial charge on any atom is 0.416 e. The second-order valence-corrected chi connectivity index (χ2v) is 7.86. The van der Waals surface area contributed by atoms with Crippen molar-refractivity contribution in [2.75, 3.05) is 0 Å². The van der Waals surface area contributed by atoms with Crippen LogP contribution in [0.5, 0.6) is 0 Å². The molecule has 0 bridgehead atoms. The van der Waals surface area contributed by atoms with E-state index in [0.29, 0.717) is 10.7 Å². The zero-order valence-electron chi connectivity index (χ0n) is 15.7. The average molecular weight is 430 g/mol. The van der Waals surface area contributed by atoms with E-state index in [-0.39, 0.29) is 24.3 Å². The summed E-state index contributed by atoms with van der Waals surface area (Å²) in [5, 5.41) is 23.3. The number of benzene rings is 1. The molecule has 2 rings (SSSR count). The molecule has 6 nitrogen and oxygen atoms in total. The highest BCUT2D eigenvalue weighted by molar-refractivity contribution is 7.13. The Bertz CT molecular complexity index is 867. The Hall–Kier alpha value is -2.46. The molecule has 1 heterocycles. The Morgan fingerprint density at radius 1 is 1.17 bits per heavy atom. The fourth-order valence-corrected chi connectivity index (χ4v) is 3.57. The van der Waals surface area contributed by atoms with Crippen LogP contribution in [0.25, 0.3) is 10.6 Å². The lowest BCUT2D eigenvalue weighted by molar-refractivity contribution is -0.143. The van der Waals surface area contributed by atoms with Gasteiger partial charge in [-0.05, 0) is 24.5 Å². The Morgan fingerprint density at radius 2 is 1.83 bits per heavy atom. The minimum absolute atomic E-state index is 0.0461. The van der Waals surface area contributed by atoms with Crippen molar-refractivity contribution in [2.45, 2.75) is 44.9 Å². The molecule has 0 amide bonds. The normalized spacial score (nSPS) is 14.0. The zero-order valence-corrected chi connectivity index (χ0v) is 16.5. The molecule has 0 aliphatic rings. The maximum atomic E-state index is 12.9. The second kappa shape index (κ2) is 9.36. The van der Waals surface area contributed by atoms with E-state index < -0.39 is 35.8 Å². The predicted octanol–water partition coefficient (Wildman–Crippen LogP) is 3.91. The lowest BCUT2D eigenvalue weighted by Crippen LogP contribution is -2.48. The van der Waals surface area contributed by atoms with Crippen molar-refractivity contribution in [1.82, 2.24) is 10.3 Å². The molecule has 2 unspecified atom stereocenters. The van der Waals surface area contributed by atoms with Crippen molar-refractivity contribution in [3.63, 3.8) is 0 Å². The van der Waals surface area contributed by atoms with Crippen molar-refractivity contribution in [2.24, 2.45) is 5.92 Å².